The maximum absolute atomic E-state index is 12.9. The topological polar surface area (TPSA) is 66.5 Å². The van der Waals surface area contributed by atoms with Crippen LogP contribution >= 0.6 is 0 Å². The summed E-state index contributed by atoms with van der Waals surface area (Å²) in [6.45, 7) is 5.46. The van der Waals surface area contributed by atoms with Crippen molar-refractivity contribution in [2.24, 2.45) is 0 Å². The number of hydrogen-bond donors (Lipinski definition) is 1. The predicted octanol–water partition coefficient (Wildman–Crippen LogP) is 3.91. The van der Waals surface area contributed by atoms with Crippen LogP contribution in [-0.4, -0.2) is 26.6 Å². The van der Waals surface area contributed by atoms with E-state index >= 15 is 0 Å². The number of amides is 1. The number of sulfonamides is 1. The molecule has 29 heavy (non-hydrogen) atoms. The Labute approximate surface area is 174 Å². The number of carbonyl (C=O) groups excluding carboxylic acids is 1. The molecule has 0 heterocycles. The van der Waals surface area contributed by atoms with Crippen molar-refractivity contribution in [3.05, 3.63) is 64.7 Å². The van der Waals surface area contributed by atoms with E-state index in [0.717, 1.165) is 30.2 Å². The summed E-state index contributed by atoms with van der Waals surface area (Å²) in [7, 11) is -3.62. The molecular weight excluding hydrogens is 384 g/mol. The first kappa shape index (κ1) is 21.4. The van der Waals surface area contributed by atoms with Crippen molar-refractivity contribution in [1.82, 2.24) is 5.32 Å². The maximum Gasteiger partial charge on any atom is 0.244 e. The molecule has 1 aliphatic carbocycles. The van der Waals surface area contributed by atoms with E-state index < -0.39 is 16.1 Å². The predicted molar refractivity (Wildman–Crippen MR) is 118 cm³/mol. The zero-order valence-electron chi connectivity index (χ0n) is 17.6. The van der Waals surface area contributed by atoms with Crippen molar-refractivity contribution in [1.29, 1.82) is 0 Å². The lowest BCUT2D eigenvalue weighted by molar-refractivity contribution is -0.122. The van der Waals surface area contributed by atoms with Crippen molar-refractivity contribution >= 4 is 21.6 Å². The quantitative estimate of drug-likeness (QED) is 0.779. The van der Waals surface area contributed by atoms with Crippen LogP contribution in [0.5, 0.6) is 0 Å². The smallest absolute Gasteiger partial charge is 0.244 e. The molecule has 0 saturated heterocycles. The standard InChI is InChI=1S/C23H30N2O3S/c1-16-8-7-11-22(14-16)25(29(4,27)28)18(3)23(26)24-17(2)20-13-12-19-9-5-6-10-21(19)15-20/h7-8,11-15,17-18H,5-6,9-10H2,1-4H3,(H,24,26)/t17-,18+/m0/s1. The Morgan fingerprint density at radius 1 is 1.03 bits per heavy atom. The molecule has 0 unspecified atom stereocenters. The third kappa shape index (κ3) is 4.99. The normalized spacial score (nSPS) is 15.9. The molecule has 2 aromatic carbocycles. The minimum atomic E-state index is -3.62. The highest BCUT2D eigenvalue weighted by atomic mass is 32.2. The Morgan fingerprint density at radius 2 is 1.72 bits per heavy atom. The summed E-state index contributed by atoms with van der Waals surface area (Å²) in [5, 5.41) is 2.99. The van der Waals surface area contributed by atoms with Gasteiger partial charge in [0.15, 0.2) is 0 Å². The molecular formula is C23H30N2O3S. The van der Waals surface area contributed by atoms with Gasteiger partial charge in [-0.05, 0) is 80.8 Å². The van der Waals surface area contributed by atoms with Gasteiger partial charge in [-0.3, -0.25) is 9.10 Å². The largest absolute Gasteiger partial charge is 0.348 e. The van der Waals surface area contributed by atoms with Crippen LogP contribution in [0.4, 0.5) is 5.69 Å². The van der Waals surface area contributed by atoms with Crippen LogP contribution < -0.4 is 9.62 Å². The SMILES string of the molecule is Cc1cccc(N([C@H](C)C(=O)N[C@@H](C)c2ccc3c(c2)CCCC3)S(C)(=O)=O)c1. The average molecular weight is 415 g/mol. The summed E-state index contributed by atoms with van der Waals surface area (Å²) < 4.78 is 26.1. The van der Waals surface area contributed by atoms with Crippen molar-refractivity contribution < 1.29 is 13.2 Å². The summed E-state index contributed by atoms with van der Waals surface area (Å²) >= 11 is 0. The van der Waals surface area contributed by atoms with E-state index in [0.29, 0.717) is 5.69 Å². The Balaban J connectivity index is 1.79. The molecule has 0 fully saturated rings. The summed E-state index contributed by atoms with van der Waals surface area (Å²) in [6, 6.07) is 12.5. The Hall–Kier alpha value is -2.34. The van der Waals surface area contributed by atoms with Crippen LogP contribution in [0.1, 0.15) is 55.0 Å². The summed E-state index contributed by atoms with van der Waals surface area (Å²) in [6.07, 6.45) is 5.76. The first-order valence-electron chi connectivity index (χ1n) is 10.1. The fourth-order valence-electron chi connectivity index (χ4n) is 4.01. The van der Waals surface area contributed by atoms with Gasteiger partial charge >= 0.3 is 0 Å². The van der Waals surface area contributed by atoms with Crippen molar-refractivity contribution in [3.63, 3.8) is 0 Å². The summed E-state index contributed by atoms with van der Waals surface area (Å²) in [5.74, 6) is -0.317. The lowest BCUT2D eigenvalue weighted by atomic mass is 9.89. The van der Waals surface area contributed by atoms with E-state index in [9.17, 15) is 13.2 Å². The number of nitrogens with one attached hydrogen (secondary N) is 1. The molecule has 3 rings (SSSR count). The average Bonchev–Trinajstić information content (AvgIpc) is 2.66. The Kier molecular flexibility index (Phi) is 6.32. The van der Waals surface area contributed by atoms with Gasteiger partial charge < -0.3 is 5.32 Å². The first-order valence-corrected chi connectivity index (χ1v) is 12.0. The fraction of sp³-hybridized carbons (Fsp3) is 0.435. The molecule has 0 saturated carbocycles. The van der Waals surface area contributed by atoms with Gasteiger partial charge in [0, 0.05) is 0 Å². The number of nitrogens with zero attached hydrogens (tertiary/aromatic N) is 1. The molecule has 156 valence electrons. The molecule has 0 spiro atoms. The number of anilines is 1. The van der Waals surface area contributed by atoms with Gasteiger partial charge in [0.25, 0.3) is 0 Å². The zero-order chi connectivity index (χ0) is 21.2. The van der Waals surface area contributed by atoms with Crippen LogP contribution in [0, 0.1) is 6.92 Å². The summed E-state index contributed by atoms with van der Waals surface area (Å²) in [5.41, 5.74) is 5.24. The highest BCUT2D eigenvalue weighted by Crippen LogP contribution is 2.26. The lowest BCUT2D eigenvalue weighted by Crippen LogP contribution is -2.48. The van der Waals surface area contributed by atoms with Crippen LogP contribution in [0.3, 0.4) is 0 Å². The Bertz CT molecular complexity index is 1000. The van der Waals surface area contributed by atoms with E-state index in [-0.39, 0.29) is 11.9 Å². The molecule has 1 amide bonds. The molecule has 1 N–H and O–H groups in total. The molecule has 0 aliphatic heterocycles. The van der Waals surface area contributed by atoms with Gasteiger partial charge in [-0.1, -0.05) is 30.3 Å². The molecule has 5 nitrogen and oxygen atoms in total. The second-order valence-electron chi connectivity index (χ2n) is 8.04. The molecule has 2 aromatic rings. The van der Waals surface area contributed by atoms with Gasteiger partial charge in [-0.15, -0.1) is 0 Å². The van der Waals surface area contributed by atoms with Gasteiger partial charge in [-0.25, -0.2) is 8.42 Å². The second kappa shape index (κ2) is 8.57. The number of hydrogen-bond acceptors (Lipinski definition) is 3. The van der Waals surface area contributed by atoms with E-state index in [1.54, 1.807) is 25.1 Å². The van der Waals surface area contributed by atoms with Gasteiger partial charge in [-0.2, -0.15) is 0 Å². The van der Waals surface area contributed by atoms with Crippen LogP contribution in [0.15, 0.2) is 42.5 Å². The van der Waals surface area contributed by atoms with E-state index in [1.165, 1.54) is 28.3 Å². The zero-order valence-corrected chi connectivity index (χ0v) is 18.4. The van der Waals surface area contributed by atoms with Gasteiger partial charge in [0.1, 0.15) is 6.04 Å². The van der Waals surface area contributed by atoms with E-state index in [4.69, 9.17) is 0 Å². The third-order valence-corrected chi connectivity index (χ3v) is 6.82. The molecule has 0 bridgehead atoms. The van der Waals surface area contributed by atoms with Crippen molar-refractivity contribution in [2.75, 3.05) is 10.6 Å². The highest BCUT2D eigenvalue weighted by Gasteiger charge is 2.30. The molecule has 1 aliphatic rings. The van der Waals surface area contributed by atoms with E-state index in [1.807, 2.05) is 19.9 Å². The number of aryl methyl sites for hydroxylation is 3. The van der Waals surface area contributed by atoms with Crippen molar-refractivity contribution in [2.45, 2.75) is 58.5 Å². The number of benzene rings is 2. The maximum atomic E-state index is 12.9. The number of fused-ring (bicyclic) bond motifs is 1. The first-order chi connectivity index (χ1) is 13.7. The molecule has 0 radical (unpaired) electrons. The van der Waals surface area contributed by atoms with Gasteiger partial charge in [0.05, 0.1) is 18.0 Å². The second-order valence-corrected chi connectivity index (χ2v) is 9.90. The van der Waals surface area contributed by atoms with Crippen LogP contribution in [0.2, 0.25) is 0 Å². The van der Waals surface area contributed by atoms with Gasteiger partial charge in [0.2, 0.25) is 15.9 Å². The van der Waals surface area contributed by atoms with Crippen LogP contribution in [0.25, 0.3) is 0 Å². The Morgan fingerprint density at radius 3 is 2.38 bits per heavy atom. The molecule has 6 heteroatoms. The minimum Gasteiger partial charge on any atom is -0.348 e. The lowest BCUT2D eigenvalue weighted by Gasteiger charge is -2.29. The summed E-state index contributed by atoms with van der Waals surface area (Å²) in [4.78, 5) is 12.9. The van der Waals surface area contributed by atoms with Crippen molar-refractivity contribution in [3.8, 4) is 0 Å². The third-order valence-electron chi connectivity index (χ3n) is 5.58. The monoisotopic (exact) mass is 414 g/mol. The fourth-order valence-corrected chi connectivity index (χ4v) is 5.18. The molecule has 2 atom stereocenters. The highest BCUT2D eigenvalue weighted by molar-refractivity contribution is 7.92. The number of carbonyl (C=O) groups is 1. The minimum absolute atomic E-state index is 0.198. The number of rotatable bonds is 6. The van der Waals surface area contributed by atoms with E-state index in [2.05, 4.69) is 23.5 Å². The van der Waals surface area contributed by atoms with Crippen LogP contribution in [-0.2, 0) is 27.7 Å². The molecule has 0 aromatic heterocycles.